The number of carboxylic acids is 1. The summed E-state index contributed by atoms with van der Waals surface area (Å²) in [7, 11) is 0. The molecule has 5 heteroatoms. The van der Waals surface area contributed by atoms with Gasteiger partial charge in [0.25, 0.3) is 0 Å². The Kier molecular flexibility index (Phi) is 6.72. The molecular formula is C16H23NO4. The van der Waals surface area contributed by atoms with Crippen LogP contribution in [0.5, 0.6) is 5.75 Å². The Morgan fingerprint density at radius 3 is 2.62 bits per heavy atom. The molecule has 0 saturated carbocycles. The van der Waals surface area contributed by atoms with Crippen LogP contribution in [0.3, 0.4) is 0 Å². The molecule has 2 N–H and O–H groups in total. The molecule has 1 amide bonds. The number of hydrogen-bond donors (Lipinski definition) is 2. The number of aryl methyl sites for hydroxylation is 1. The lowest BCUT2D eigenvalue weighted by Crippen LogP contribution is -2.43. The van der Waals surface area contributed by atoms with Gasteiger partial charge in [0.2, 0.25) is 0 Å². The summed E-state index contributed by atoms with van der Waals surface area (Å²) in [6.07, 6.45) is 1.53. The SMILES string of the molecule is CCCc1cccc(OC(=O)NC(CC(C)C)C(=O)O)c1. The molecule has 0 saturated heterocycles. The van der Waals surface area contributed by atoms with Crippen LogP contribution in [-0.2, 0) is 11.2 Å². The molecule has 5 nitrogen and oxygen atoms in total. The maximum absolute atomic E-state index is 11.8. The summed E-state index contributed by atoms with van der Waals surface area (Å²) in [6.45, 7) is 5.87. The van der Waals surface area contributed by atoms with Gasteiger partial charge in [0.15, 0.2) is 0 Å². The van der Waals surface area contributed by atoms with Crippen molar-refractivity contribution in [2.45, 2.75) is 46.1 Å². The second-order valence-corrected chi connectivity index (χ2v) is 5.45. The molecule has 1 atom stereocenters. The number of aliphatic carboxylic acids is 1. The third-order valence-electron chi connectivity index (χ3n) is 2.94. The van der Waals surface area contributed by atoms with Gasteiger partial charge in [-0.2, -0.15) is 0 Å². The van der Waals surface area contributed by atoms with Gasteiger partial charge in [-0.25, -0.2) is 9.59 Å². The number of nitrogens with one attached hydrogen (secondary N) is 1. The van der Waals surface area contributed by atoms with Crippen molar-refractivity contribution >= 4 is 12.1 Å². The zero-order chi connectivity index (χ0) is 15.8. The molecule has 0 fully saturated rings. The predicted molar refractivity (Wildman–Crippen MR) is 80.5 cm³/mol. The third-order valence-corrected chi connectivity index (χ3v) is 2.94. The zero-order valence-corrected chi connectivity index (χ0v) is 12.8. The van der Waals surface area contributed by atoms with Crippen molar-refractivity contribution in [2.75, 3.05) is 0 Å². The Hall–Kier alpha value is -2.04. The van der Waals surface area contributed by atoms with Gasteiger partial charge in [-0.3, -0.25) is 0 Å². The van der Waals surface area contributed by atoms with Crippen molar-refractivity contribution in [3.63, 3.8) is 0 Å². The van der Waals surface area contributed by atoms with Crippen molar-refractivity contribution < 1.29 is 19.4 Å². The Morgan fingerprint density at radius 1 is 1.33 bits per heavy atom. The second-order valence-electron chi connectivity index (χ2n) is 5.45. The molecule has 1 unspecified atom stereocenters. The normalized spacial score (nSPS) is 12.0. The zero-order valence-electron chi connectivity index (χ0n) is 12.8. The van der Waals surface area contributed by atoms with Crippen LogP contribution >= 0.6 is 0 Å². The summed E-state index contributed by atoms with van der Waals surface area (Å²) >= 11 is 0. The summed E-state index contributed by atoms with van der Waals surface area (Å²) in [6, 6.07) is 6.32. The molecule has 0 aliphatic rings. The van der Waals surface area contributed by atoms with Crippen LogP contribution < -0.4 is 10.1 Å². The minimum Gasteiger partial charge on any atom is -0.480 e. The first-order chi connectivity index (χ1) is 9.92. The van der Waals surface area contributed by atoms with E-state index in [1.807, 2.05) is 26.0 Å². The van der Waals surface area contributed by atoms with Gasteiger partial charge in [0.1, 0.15) is 11.8 Å². The molecule has 0 aromatic heterocycles. The maximum atomic E-state index is 11.8. The number of hydrogen-bond acceptors (Lipinski definition) is 3. The molecular weight excluding hydrogens is 270 g/mol. The minimum atomic E-state index is -1.06. The molecule has 0 aliphatic heterocycles. The number of rotatable bonds is 7. The monoisotopic (exact) mass is 293 g/mol. The van der Waals surface area contributed by atoms with Crippen molar-refractivity contribution in [3.8, 4) is 5.75 Å². The largest absolute Gasteiger partial charge is 0.480 e. The number of carbonyl (C=O) groups is 2. The van der Waals surface area contributed by atoms with E-state index in [4.69, 9.17) is 9.84 Å². The Balaban J connectivity index is 2.63. The number of ether oxygens (including phenoxy) is 1. The predicted octanol–water partition coefficient (Wildman–Crippen LogP) is 3.23. The first-order valence-electron chi connectivity index (χ1n) is 7.22. The molecule has 1 aromatic rings. The second kappa shape index (κ2) is 8.29. The molecule has 0 spiro atoms. The van der Waals surface area contributed by atoms with Gasteiger partial charge in [-0.05, 0) is 36.5 Å². The summed E-state index contributed by atoms with van der Waals surface area (Å²) in [5.41, 5.74) is 1.08. The van der Waals surface area contributed by atoms with E-state index in [-0.39, 0.29) is 5.92 Å². The quantitative estimate of drug-likeness (QED) is 0.809. The van der Waals surface area contributed by atoms with Crippen molar-refractivity contribution in [1.82, 2.24) is 5.32 Å². The summed E-state index contributed by atoms with van der Waals surface area (Å²) < 4.78 is 5.15. The topological polar surface area (TPSA) is 75.6 Å². The van der Waals surface area contributed by atoms with Crippen LogP contribution in [0, 0.1) is 5.92 Å². The van der Waals surface area contributed by atoms with E-state index in [0.717, 1.165) is 18.4 Å². The van der Waals surface area contributed by atoms with Crippen molar-refractivity contribution in [3.05, 3.63) is 29.8 Å². The van der Waals surface area contributed by atoms with Gasteiger partial charge in [-0.1, -0.05) is 39.3 Å². The van der Waals surface area contributed by atoms with Crippen LogP contribution in [0.4, 0.5) is 4.79 Å². The van der Waals surface area contributed by atoms with E-state index in [1.165, 1.54) is 0 Å². The average Bonchev–Trinajstić information content (AvgIpc) is 2.38. The van der Waals surface area contributed by atoms with Crippen LogP contribution in [0.1, 0.15) is 39.2 Å². The lowest BCUT2D eigenvalue weighted by atomic mass is 10.0. The van der Waals surface area contributed by atoms with E-state index in [1.54, 1.807) is 12.1 Å². The van der Waals surface area contributed by atoms with Gasteiger partial charge in [0.05, 0.1) is 0 Å². The summed E-state index contributed by atoms with van der Waals surface area (Å²) in [4.78, 5) is 22.9. The Bertz CT molecular complexity index is 485. The Labute approximate surface area is 125 Å². The lowest BCUT2D eigenvalue weighted by molar-refractivity contribution is -0.139. The summed E-state index contributed by atoms with van der Waals surface area (Å²) in [5.74, 6) is -0.466. The molecule has 0 heterocycles. The highest BCUT2D eigenvalue weighted by Gasteiger charge is 2.22. The molecule has 0 bridgehead atoms. The van der Waals surface area contributed by atoms with Gasteiger partial charge in [0, 0.05) is 0 Å². The molecule has 1 aromatic carbocycles. The fourth-order valence-corrected chi connectivity index (χ4v) is 2.02. The lowest BCUT2D eigenvalue weighted by Gasteiger charge is -2.16. The molecule has 0 radical (unpaired) electrons. The average molecular weight is 293 g/mol. The third kappa shape index (κ3) is 6.29. The standard InChI is InChI=1S/C16H23NO4/c1-4-6-12-7-5-8-13(10-12)21-16(20)17-14(15(18)19)9-11(2)3/h5,7-8,10-11,14H,4,6,9H2,1-3H3,(H,17,20)(H,18,19). The van der Waals surface area contributed by atoms with E-state index in [9.17, 15) is 9.59 Å². The first-order valence-corrected chi connectivity index (χ1v) is 7.22. The maximum Gasteiger partial charge on any atom is 0.413 e. The van der Waals surface area contributed by atoms with Crippen molar-refractivity contribution in [1.29, 1.82) is 0 Å². The molecule has 116 valence electrons. The number of amides is 1. The van der Waals surface area contributed by atoms with Gasteiger partial charge in [-0.15, -0.1) is 0 Å². The van der Waals surface area contributed by atoms with Crippen LogP contribution in [0.2, 0.25) is 0 Å². The van der Waals surface area contributed by atoms with Crippen LogP contribution in [0.25, 0.3) is 0 Å². The smallest absolute Gasteiger partial charge is 0.413 e. The molecule has 1 rings (SSSR count). The first kappa shape index (κ1) is 17.0. The highest BCUT2D eigenvalue weighted by atomic mass is 16.6. The minimum absolute atomic E-state index is 0.166. The van der Waals surface area contributed by atoms with E-state index in [2.05, 4.69) is 12.2 Å². The number of carboxylic acid groups (broad SMARTS) is 1. The highest BCUT2D eigenvalue weighted by molar-refractivity contribution is 5.80. The molecule has 0 aliphatic carbocycles. The van der Waals surface area contributed by atoms with Gasteiger partial charge < -0.3 is 15.2 Å². The van der Waals surface area contributed by atoms with Crippen molar-refractivity contribution in [2.24, 2.45) is 5.92 Å². The number of benzene rings is 1. The van der Waals surface area contributed by atoms with E-state index >= 15 is 0 Å². The molecule has 21 heavy (non-hydrogen) atoms. The van der Waals surface area contributed by atoms with E-state index < -0.39 is 18.1 Å². The van der Waals surface area contributed by atoms with E-state index in [0.29, 0.717) is 12.2 Å². The number of carbonyl (C=O) groups excluding carboxylic acids is 1. The van der Waals surface area contributed by atoms with Crippen LogP contribution in [0.15, 0.2) is 24.3 Å². The fourth-order valence-electron chi connectivity index (χ4n) is 2.02. The Morgan fingerprint density at radius 2 is 2.05 bits per heavy atom. The highest BCUT2D eigenvalue weighted by Crippen LogP contribution is 2.15. The fraction of sp³-hybridized carbons (Fsp3) is 0.500. The van der Waals surface area contributed by atoms with Gasteiger partial charge >= 0.3 is 12.1 Å². The van der Waals surface area contributed by atoms with Crippen LogP contribution in [-0.4, -0.2) is 23.2 Å². The summed E-state index contributed by atoms with van der Waals surface area (Å²) in [5, 5.41) is 11.5.